The molecule has 1 aliphatic rings. The number of anilines is 1. The third kappa shape index (κ3) is 4.21. The Morgan fingerprint density at radius 1 is 1.35 bits per heavy atom. The van der Waals surface area contributed by atoms with Gasteiger partial charge in [0, 0.05) is 10.7 Å². The van der Waals surface area contributed by atoms with E-state index in [1.54, 1.807) is 24.3 Å². The minimum atomic E-state index is -0.264. The summed E-state index contributed by atoms with van der Waals surface area (Å²) in [5, 5.41) is 3.46. The SMILES string of the molecule is NC(=O)[C@@H]1CCC[NH+](CC(=O)Nc2ccc(Cl)cc2)C1. The first-order valence-electron chi connectivity index (χ1n) is 6.73. The summed E-state index contributed by atoms with van der Waals surface area (Å²) in [6.07, 6.45) is 1.76. The van der Waals surface area contributed by atoms with Crippen molar-refractivity contribution in [3.63, 3.8) is 0 Å². The summed E-state index contributed by atoms with van der Waals surface area (Å²) in [4.78, 5) is 24.3. The van der Waals surface area contributed by atoms with E-state index >= 15 is 0 Å². The van der Waals surface area contributed by atoms with E-state index in [0.717, 1.165) is 30.0 Å². The largest absolute Gasteiger partial charge is 0.369 e. The summed E-state index contributed by atoms with van der Waals surface area (Å²) >= 11 is 5.79. The topological polar surface area (TPSA) is 76.6 Å². The molecule has 0 aliphatic carbocycles. The van der Waals surface area contributed by atoms with Crippen LogP contribution in [-0.4, -0.2) is 31.4 Å². The molecular weight excluding hydrogens is 278 g/mol. The highest BCUT2D eigenvalue weighted by atomic mass is 35.5. The summed E-state index contributed by atoms with van der Waals surface area (Å²) in [7, 11) is 0. The first-order chi connectivity index (χ1) is 9.54. The van der Waals surface area contributed by atoms with Gasteiger partial charge >= 0.3 is 0 Å². The number of hydrogen-bond donors (Lipinski definition) is 3. The molecule has 1 aromatic rings. The molecule has 2 atom stereocenters. The summed E-state index contributed by atoms with van der Waals surface area (Å²) in [5.74, 6) is -0.435. The van der Waals surface area contributed by atoms with Crippen molar-refractivity contribution < 1.29 is 14.5 Å². The van der Waals surface area contributed by atoms with Crippen LogP contribution in [0.25, 0.3) is 0 Å². The van der Waals surface area contributed by atoms with Crippen LogP contribution < -0.4 is 16.0 Å². The zero-order valence-corrected chi connectivity index (χ0v) is 12.0. The number of carbonyl (C=O) groups excluding carboxylic acids is 2. The van der Waals surface area contributed by atoms with Crippen molar-refractivity contribution in [3.8, 4) is 0 Å². The van der Waals surface area contributed by atoms with E-state index in [1.807, 2.05) is 0 Å². The molecule has 5 nitrogen and oxygen atoms in total. The van der Waals surface area contributed by atoms with Crippen molar-refractivity contribution in [2.75, 3.05) is 25.0 Å². The zero-order valence-electron chi connectivity index (χ0n) is 11.2. The Labute approximate surface area is 123 Å². The highest BCUT2D eigenvalue weighted by Crippen LogP contribution is 2.13. The molecular formula is C14H19ClN3O2+. The molecule has 1 unspecified atom stereocenters. The lowest BCUT2D eigenvalue weighted by Crippen LogP contribution is -3.14. The lowest BCUT2D eigenvalue weighted by Gasteiger charge is -2.27. The van der Waals surface area contributed by atoms with E-state index in [4.69, 9.17) is 17.3 Å². The van der Waals surface area contributed by atoms with E-state index < -0.39 is 0 Å². The number of quaternary nitrogens is 1. The van der Waals surface area contributed by atoms with Gasteiger partial charge in [-0.2, -0.15) is 0 Å². The van der Waals surface area contributed by atoms with Gasteiger partial charge in [-0.05, 0) is 37.1 Å². The summed E-state index contributed by atoms with van der Waals surface area (Å²) in [6.45, 7) is 1.90. The molecule has 108 valence electrons. The number of carbonyl (C=O) groups is 2. The average molecular weight is 297 g/mol. The molecule has 0 aromatic heterocycles. The van der Waals surface area contributed by atoms with Gasteiger partial charge in [-0.25, -0.2) is 0 Å². The van der Waals surface area contributed by atoms with Gasteiger partial charge < -0.3 is 16.0 Å². The molecule has 20 heavy (non-hydrogen) atoms. The highest BCUT2D eigenvalue weighted by Gasteiger charge is 2.28. The van der Waals surface area contributed by atoms with Crippen LogP contribution in [0.2, 0.25) is 5.02 Å². The Bertz CT molecular complexity index is 490. The fourth-order valence-corrected chi connectivity index (χ4v) is 2.65. The molecule has 2 rings (SSSR count). The Balaban J connectivity index is 1.85. The molecule has 1 fully saturated rings. The van der Waals surface area contributed by atoms with Crippen LogP contribution in [0.5, 0.6) is 0 Å². The van der Waals surface area contributed by atoms with E-state index in [1.165, 1.54) is 0 Å². The number of likely N-dealkylation sites (tertiary alicyclic amines) is 1. The maximum atomic E-state index is 12.0. The van der Waals surface area contributed by atoms with Gasteiger partial charge in [0.15, 0.2) is 6.54 Å². The van der Waals surface area contributed by atoms with E-state index in [2.05, 4.69) is 5.32 Å². The van der Waals surface area contributed by atoms with E-state index in [9.17, 15) is 9.59 Å². The minimum Gasteiger partial charge on any atom is -0.369 e. The second-order valence-corrected chi connectivity index (χ2v) is 5.61. The third-order valence-electron chi connectivity index (χ3n) is 3.56. The normalized spacial score (nSPS) is 22.2. The molecule has 4 N–H and O–H groups in total. The van der Waals surface area contributed by atoms with Crippen LogP contribution in [0.3, 0.4) is 0 Å². The van der Waals surface area contributed by atoms with Crippen LogP contribution >= 0.6 is 11.6 Å². The number of benzene rings is 1. The second-order valence-electron chi connectivity index (χ2n) is 5.18. The van der Waals surface area contributed by atoms with Gasteiger partial charge in [0.25, 0.3) is 5.91 Å². The fourth-order valence-electron chi connectivity index (χ4n) is 2.52. The Morgan fingerprint density at radius 2 is 2.05 bits per heavy atom. The van der Waals surface area contributed by atoms with Crippen molar-refractivity contribution in [1.82, 2.24) is 0 Å². The molecule has 1 aromatic carbocycles. The molecule has 1 heterocycles. The second kappa shape index (κ2) is 6.72. The maximum Gasteiger partial charge on any atom is 0.279 e. The van der Waals surface area contributed by atoms with Crippen LogP contribution in [0.15, 0.2) is 24.3 Å². The Kier molecular flexibility index (Phi) is 4.98. The lowest BCUT2D eigenvalue weighted by atomic mass is 9.97. The van der Waals surface area contributed by atoms with Crippen LogP contribution in [-0.2, 0) is 9.59 Å². The summed E-state index contributed by atoms with van der Waals surface area (Å²) < 4.78 is 0. The fraction of sp³-hybridized carbons (Fsp3) is 0.429. The first kappa shape index (κ1) is 14.8. The Hall–Kier alpha value is -1.59. The Morgan fingerprint density at radius 3 is 2.70 bits per heavy atom. The molecule has 1 saturated heterocycles. The predicted octanol–water partition coefficient (Wildman–Crippen LogP) is 0.0587. The van der Waals surface area contributed by atoms with Crippen LogP contribution in [0.4, 0.5) is 5.69 Å². The molecule has 0 radical (unpaired) electrons. The predicted molar refractivity (Wildman–Crippen MR) is 77.6 cm³/mol. The summed E-state index contributed by atoms with van der Waals surface area (Å²) in [5.41, 5.74) is 6.06. The van der Waals surface area contributed by atoms with Gasteiger partial charge in [0.1, 0.15) is 0 Å². The van der Waals surface area contributed by atoms with Gasteiger partial charge in [-0.3, -0.25) is 9.59 Å². The zero-order chi connectivity index (χ0) is 14.5. The van der Waals surface area contributed by atoms with Crippen molar-refractivity contribution in [3.05, 3.63) is 29.3 Å². The lowest BCUT2D eigenvalue weighted by molar-refractivity contribution is -0.899. The average Bonchev–Trinajstić information content (AvgIpc) is 2.41. The first-order valence-corrected chi connectivity index (χ1v) is 7.10. The van der Waals surface area contributed by atoms with Crippen molar-refractivity contribution >= 4 is 29.1 Å². The molecule has 2 amide bonds. The molecule has 0 spiro atoms. The van der Waals surface area contributed by atoms with Crippen LogP contribution in [0, 0.1) is 5.92 Å². The molecule has 0 bridgehead atoms. The maximum absolute atomic E-state index is 12.0. The summed E-state index contributed by atoms with van der Waals surface area (Å²) in [6, 6.07) is 6.98. The quantitative estimate of drug-likeness (QED) is 0.735. The van der Waals surface area contributed by atoms with E-state index in [0.29, 0.717) is 18.1 Å². The standard InChI is InChI=1S/C14H18ClN3O2/c15-11-3-5-12(6-4-11)17-13(19)9-18-7-1-2-10(8-18)14(16)20/h3-6,10H,1-2,7-9H2,(H2,16,20)(H,17,19)/p+1/t10-/m1/s1. The monoisotopic (exact) mass is 296 g/mol. The number of halogens is 1. The number of nitrogens with one attached hydrogen (secondary N) is 2. The number of piperidine rings is 1. The molecule has 6 heteroatoms. The van der Waals surface area contributed by atoms with Gasteiger partial charge in [0.05, 0.1) is 19.0 Å². The molecule has 1 aliphatic heterocycles. The number of primary amides is 1. The van der Waals surface area contributed by atoms with Crippen molar-refractivity contribution in [2.24, 2.45) is 11.7 Å². The number of nitrogens with two attached hydrogens (primary N) is 1. The van der Waals surface area contributed by atoms with Crippen molar-refractivity contribution in [2.45, 2.75) is 12.8 Å². The van der Waals surface area contributed by atoms with Crippen molar-refractivity contribution in [1.29, 1.82) is 0 Å². The van der Waals surface area contributed by atoms with Gasteiger partial charge in [0.2, 0.25) is 5.91 Å². The van der Waals surface area contributed by atoms with Gasteiger partial charge in [-0.15, -0.1) is 0 Å². The minimum absolute atomic E-state index is 0.0626. The van der Waals surface area contributed by atoms with E-state index in [-0.39, 0.29) is 17.7 Å². The number of amides is 2. The highest BCUT2D eigenvalue weighted by molar-refractivity contribution is 6.30. The molecule has 0 saturated carbocycles. The smallest absolute Gasteiger partial charge is 0.279 e. The van der Waals surface area contributed by atoms with Crippen LogP contribution in [0.1, 0.15) is 12.8 Å². The third-order valence-corrected chi connectivity index (χ3v) is 3.81. The van der Waals surface area contributed by atoms with Gasteiger partial charge in [-0.1, -0.05) is 11.6 Å². The number of rotatable bonds is 4. The number of hydrogen-bond acceptors (Lipinski definition) is 2.